The van der Waals surface area contributed by atoms with Crippen LogP contribution in [0.4, 0.5) is 4.39 Å². The number of carbonyl (C=O) groups excluding carboxylic acids is 1. The van der Waals surface area contributed by atoms with E-state index in [1.807, 2.05) is 0 Å². The van der Waals surface area contributed by atoms with Crippen LogP contribution in [0.15, 0.2) is 65.5 Å². The maximum absolute atomic E-state index is 13.4. The van der Waals surface area contributed by atoms with E-state index in [1.54, 1.807) is 36.4 Å². The molecule has 8 nitrogen and oxygen atoms in total. The van der Waals surface area contributed by atoms with Gasteiger partial charge in [-0.15, -0.1) is 5.10 Å². The van der Waals surface area contributed by atoms with Crippen molar-refractivity contribution in [1.29, 1.82) is 0 Å². The lowest BCUT2D eigenvalue weighted by molar-refractivity contribution is 0.0948. The zero-order valence-corrected chi connectivity index (χ0v) is 20.5. The fourth-order valence-corrected chi connectivity index (χ4v) is 4.13. The van der Waals surface area contributed by atoms with Crippen molar-refractivity contribution in [1.82, 2.24) is 24.9 Å². The molecule has 1 saturated heterocycles. The molecule has 1 N–H and O–H groups in total. The van der Waals surface area contributed by atoms with Crippen LogP contribution in [-0.4, -0.2) is 71.3 Å². The number of nitrogens with zero attached hydrogens (tertiary/aromatic N) is 4. The van der Waals surface area contributed by atoms with Crippen LogP contribution in [0.2, 0.25) is 0 Å². The summed E-state index contributed by atoms with van der Waals surface area (Å²) in [4.78, 5) is 29.8. The fourth-order valence-electron chi connectivity index (χ4n) is 4.13. The molecule has 3 aromatic rings. The SMILES string of the molecule is CCN1CCN(CCCNC(=O)c2ccc(-n3nc(OCc4cccc(F)c4)ccc3=O)cc2)CC1. The van der Waals surface area contributed by atoms with Gasteiger partial charge in [0, 0.05) is 50.4 Å². The number of hydrogen-bond donors (Lipinski definition) is 1. The third-order valence-electron chi connectivity index (χ3n) is 6.27. The number of aromatic nitrogens is 2. The van der Waals surface area contributed by atoms with Crippen LogP contribution in [0.25, 0.3) is 5.69 Å². The largest absolute Gasteiger partial charge is 0.472 e. The molecule has 0 saturated carbocycles. The van der Waals surface area contributed by atoms with Crippen molar-refractivity contribution < 1.29 is 13.9 Å². The zero-order valence-electron chi connectivity index (χ0n) is 20.5. The summed E-state index contributed by atoms with van der Waals surface area (Å²) in [6.07, 6.45) is 0.900. The lowest BCUT2D eigenvalue weighted by Gasteiger charge is -2.33. The highest BCUT2D eigenvalue weighted by molar-refractivity contribution is 5.94. The number of hydrogen-bond acceptors (Lipinski definition) is 6. The highest BCUT2D eigenvalue weighted by Gasteiger charge is 2.15. The number of nitrogens with one attached hydrogen (secondary N) is 1. The predicted octanol–water partition coefficient (Wildman–Crippen LogP) is 2.71. The summed E-state index contributed by atoms with van der Waals surface area (Å²) in [7, 11) is 0. The van der Waals surface area contributed by atoms with Gasteiger partial charge in [0.2, 0.25) is 5.88 Å². The van der Waals surface area contributed by atoms with Crippen LogP contribution >= 0.6 is 0 Å². The van der Waals surface area contributed by atoms with Crippen molar-refractivity contribution in [3.63, 3.8) is 0 Å². The predicted molar refractivity (Wildman–Crippen MR) is 136 cm³/mol. The quantitative estimate of drug-likeness (QED) is 0.438. The number of ether oxygens (including phenoxy) is 1. The second kappa shape index (κ2) is 12.4. The molecular weight excluding hydrogens is 461 g/mol. The average molecular weight is 494 g/mol. The van der Waals surface area contributed by atoms with E-state index in [4.69, 9.17) is 4.74 Å². The second-order valence-corrected chi connectivity index (χ2v) is 8.77. The summed E-state index contributed by atoms with van der Waals surface area (Å²) in [5, 5.41) is 7.22. The van der Waals surface area contributed by atoms with E-state index >= 15 is 0 Å². The Hall–Kier alpha value is -3.56. The van der Waals surface area contributed by atoms with Crippen LogP contribution < -0.4 is 15.6 Å². The van der Waals surface area contributed by atoms with Gasteiger partial charge in [-0.1, -0.05) is 19.1 Å². The molecule has 2 heterocycles. The highest BCUT2D eigenvalue weighted by atomic mass is 19.1. The molecule has 9 heteroatoms. The molecule has 190 valence electrons. The Labute approximate surface area is 210 Å². The van der Waals surface area contributed by atoms with Crippen LogP contribution in [0.3, 0.4) is 0 Å². The number of rotatable bonds is 10. The maximum Gasteiger partial charge on any atom is 0.271 e. The fraction of sp³-hybridized carbons (Fsp3) is 0.370. The monoisotopic (exact) mass is 493 g/mol. The summed E-state index contributed by atoms with van der Waals surface area (Å²) in [6.45, 7) is 9.37. The summed E-state index contributed by atoms with van der Waals surface area (Å²) in [5.74, 6) is -0.259. The molecule has 1 aromatic heterocycles. The molecule has 1 fully saturated rings. The second-order valence-electron chi connectivity index (χ2n) is 8.77. The molecule has 1 amide bonds. The van der Waals surface area contributed by atoms with Gasteiger partial charge in [0.15, 0.2) is 0 Å². The lowest BCUT2D eigenvalue weighted by Crippen LogP contribution is -2.46. The van der Waals surface area contributed by atoms with Gasteiger partial charge in [-0.05, 0) is 61.5 Å². The van der Waals surface area contributed by atoms with Gasteiger partial charge in [0.25, 0.3) is 11.5 Å². The van der Waals surface area contributed by atoms with Crippen molar-refractivity contribution in [2.45, 2.75) is 20.0 Å². The smallest absolute Gasteiger partial charge is 0.271 e. The van der Waals surface area contributed by atoms with Crippen LogP contribution in [0.5, 0.6) is 5.88 Å². The number of amides is 1. The molecule has 36 heavy (non-hydrogen) atoms. The van der Waals surface area contributed by atoms with E-state index in [9.17, 15) is 14.0 Å². The van der Waals surface area contributed by atoms with Crippen LogP contribution in [0, 0.1) is 5.82 Å². The van der Waals surface area contributed by atoms with E-state index in [1.165, 1.54) is 28.9 Å². The first-order valence-electron chi connectivity index (χ1n) is 12.3. The van der Waals surface area contributed by atoms with Crippen LogP contribution in [0.1, 0.15) is 29.3 Å². The number of benzene rings is 2. The molecule has 0 spiro atoms. The van der Waals surface area contributed by atoms with E-state index in [0.717, 1.165) is 45.7 Å². The normalized spacial score (nSPS) is 14.5. The van der Waals surface area contributed by atoms with Gasteiger partial charge in [-0.2, -0.15) is 4.68 Å². The van der Waals surface area contributed by atoms with Gasteiger partial charge in [-0.25, -0.2) is 4.39 Å². The Morgan fingerprint density at radius 1 is 1.03 bits per heavy atom. The zero-order chi connectivity index (χ0) is 25.3. The summed E-state index contributed by atoms with van der Waals surface area (Å²) in [6, 6.07) is 15.6. The van der Waals surface area contributed by atoms with E-state index in [2.05, 4.69) is 27.1 Å². The Kier molecular flexibility index (Phi) is 8.80. The van der Waals surface area contributed by atoms with Crippen molar-refractivity contribution in [2.24, 2.45) is 0 Å². The van der Waals surface area contributed by atoms with E-state index in [0.29, 0.717) is 23.4 Å². The Bertz CT molecular complexity index is 1210. The Morgan fingerprint density at radius 3 is 2.50 bits per heavy atom. The third-order valence-corrected chi connectivity index (χ3v) is 6.27. The number of piperazine rings is 1. The minimum atomic E-state index is -0.344. The molecule has 4 rings (SSSR count). The number of likely N-dealkylation sites (N-methyl/N-ethyl adjacent to an activating group) is 1. The highest BCUT2D eigenvalue weighted by Crippen LogP contribution is 2.12. The number of carbonyl (C=O) groups is 1. The topological polar surface area (TPSA) is 79.7 Å². The Morgan fingerprint density at radius 2 is 1.78 bits per heavy atom. The lowest BCUT2D eigenvalue weighted by atomic mass is 10.2. The van der Waals surface area contributed by atoms with Gasteiger partial charge < -0.3 is 19.9 Å². The molecule has 0 radical (unpaired) electrons. The molecule has 0 bridgehead atoms. The molecule has 2 aromatic carbocycles. The van der Waals surface area contributed by atoms with Crippen LogP contribution in [-0.2, 0) is 6.61 Å². The Balaban J connectivity index is 1.28. The average Bonchev–Trinajstić information content (AvgIpc) is 2.91. The third kappa shape index (κ3) is 6.99. The van der Waals surface area contributed by atoms with Crippen molar-refractivity contribution >= 4 is 5.91 Å². The standard InChI is InChI=1S/C27H32FN5O3/c1-2-31-15-17-32(18-16-31)14-4-13-29-27(35)22-7-9-24(10-8-22)33-26(34)12-11-25(30-33)36-20-21-5-3-6-23(28)19-21/h3,5-12,19H,2,4,13-18,20H2,1H3,(H,29,35). The first-order valence-corrected chi connectivity index (χ1v) is 12.3. The molecule has 1 aliphatic rings. The van der Waals surface area contributed by atoms with E-state index in [-0.39, 0.29) is 29.8 Å². The first-order chi connectivity index (χ1) is 17.5. The molecule has 0 aliphatic carbocycles. The first kappa shape index (κ1) is 25.5. The van der Waals surface area contributed by atoms with Gasteiger partial charge in [-0.3, -0.25) is 9.59 Å². The molecule has 1 aliphatic heterocycles. The summed E-state index contributed by atoms with van der Waals surface area (Å²) < 4.78 is 20.2. The van der Waals surface area contributed by atoms with Crippen molar-refractivity contribution in [3.05, 3.63) is 88.0 Å². The molecular formula is C27H32FN5O3. The van der Waals surface area contributed by atoms with Crippen molar-refractivity contribution in [3.8, 4) is 11.6 Å². The van der Waals surface area contributed by atoms with E-state index < -0.39 is 0 Å². The molecule has 0 atom stereocenters. The maximum atomic E-state index is 13.4. The summed E-state index contributed by atoms with van der Waals surface area (Å²) >= 11 is 0. The number of halogens is 1. The van der Waals surface area contributed by atoms with Crippen molar-refractivity contribution in [2.75, 3.05) is 45.8 Å². The minimum Gasteiger partial charge on any atom is -0.472 e. The molecule has 0 unspecified atom stereocenters. The summed E-state index contributed by atoms with van der Waals surface area (Å²) in [5.41, 5.74) is 1.36. The van der Waals surface area contributed by atoms with Gasteiger partial charge in [0.05, 0.1) is 5.69 Å². The minimum absolute atomic E-state index is 0.122. The van der Waals surface area contributed by atoms with Gasteiger partial charge in [0.1, 0.15) is 12.4 Å². The van der Waals surface area contributed by atoms with Gasteiger partial charge >= 0.3 is 0 Å².